The number of aromatic carboxylic acids is 1. The highest BCUT2D eigenvalue weighted by molar-refractivity contribution is 9.10. The second-order valence-corrected chi connectivity index (χ2v) is 5.59. The maximum atomic E-state index is 14.3. The van der Waals surface area contributed by atoms with E-state index in [-0.39, 0.29) is 45.5 Å². The van der Waals surface area contributed by atoms with Crippen LogP contribution in [0.4, 0.5) is 10.1 Å². The van der Waals surface area contributed by atoms with Crippen LogP contribution in [0.1, 0.15) is 16.8 Å². The van der Waals surface area contributed by atoms with Crippen LogP contribution in [0.25, 0.3) is 0 Å². The van der Waals surface area contributed by atoms with Crippen molar-refractivity contribution in [2.45, 2.75) is 6.42 Å². The molecule has 1 aliphatic rings. The summed E-state index contributed by atoms with van der Waals surface area (Å²) in [4.78, 5) is 24.3. The zero-order valence-corrected chi connectivity index (χ0v) is 12.5. The van der Waals surface area contributed by atoms with Gasteiger partial charge in [0.15, 0.2) is 5.82 Å². The monoisotopic (exact) mass is 361 g/mol. The van der Waals surface area contributed by atoms with Gasteiger partial charge in [-0.3, -0.25) is 4.79 Å². The topological polar surface area (TPSA) is 57.6 Å². The first-order valence-electron chi connectivity index (χ1n) is 5.70. The molecular weight excluding hydrogens is 353 g/mol. The summed E-state index contributed by atoms with van der Waals surface area (Å²) in [6, 6.07) is 1.13. The molecular formula is C13H10BrClFNO3. The molecule has 7 heteroatoms. The van der Waals surface area contributed by atoms with E-state index in [1.54, 1.807) is 6.08 Å². The van der Waals surface area contributed by atoms with E-state index in [4.69, 9.17) is 11.6 Å². The normalized spacial score (nSPS) is 18.4. The SMILES string of the molecule is C=CC1CC(=O)N(c2c(C(=O)O)cc(Cl)c(Br)c2F)C1. The lowest BCUT2D eigenvalue weighted by Gasteiger charge is -2.20. The summed E-state index contributed by atoms with van der Waals surface area (Å²) >= 11 is 8.72. The molecule has 0 radical (unpaired) electrons. The summed E-state index contributed by atoms with van der Waals surface area (Å²) in [7, 11) is 0. The Morgan fingerprint density at radius 2 is 2.30 bits per heavy atom. The summed E-state index contributed by atoms with van der Waals surface area (Å²) in [5, 5.41) is 9.12. The number of hydrogen-bond acceptors (Lipinski definition) is 2. The second kappa shape index (κ2) is 5.54. The van der Waals surface area contributed by atoms with Gasteiger partial charge in [0.25, 0.3) is 0 Å². The van der Waals surface area contributed by atoms with Gasteiger partial charge in [-0.1, -0.05) is 17.7 Å². The molecule has 0 spiro atoms. The van der Waals surface area contributed by atoms with Crippen LogP contribution in [0.5, 0.6) is 0 Å². The highest BCUT2D eigenvalue weighted by Gasteiger charge is 2.34. The predicted octanol–water partition coefficient (Wildman–Crippen LogP) is 3.48. The van der Waals surface area contributed by atoms with E-state index in [2.05, 4.69) is 22.5 Å². The Hall–Kier alpha value is -1.40. The number of rotatable bonds is 3. The van der Waals surface area contributed by atoms with Crippen molar-refractivity contribution in [3.8, 4) is 0 Å². The molecule has 1 amide bonds. The fourth-order valence-electron chi connectivity index (χ4n) is 2.12. The number of carboxylic acid groups (broad SMARTS) is 1. The highest BCUT2D eigenvalue weighted by Crippen LogP contribution is 2.38. The van der Waals surface area contributed by atoms with Gasteiger partial charge in [0, 0.05) is 18.9 Å². The number of nitrogens with zero attached hydrogens (tertiary/aromatic N) is 1. The third-order valence-corrected chi connectivity index (χ3v) is 4.43. The van der Waals surface area contributed by atoms with E-state index < -0.39 is 11.8 Å². The van der Waals surface area contributed by atoms with Crippen molar-refractivity contribution in [1.82, 2.24) is 0 Å². The van der Waals surface area contributed by atoms with Gasteiger partial charge in [-0.15, -0.1) is 6.58 Å². The fourth-order valence-corrected chi connectivity index (χ4v) is 2.62. The van der Waals surface area contributed by atoms with Gasteiger partial charge >= 0.3 is 5.97 Å². The number of anilines is 1. The molecule has 0 aromatic heterocycles. The predicted molar refractivity (Wildman–Crippen MR) is 76.7 cm³/mol. The largest absolute Gasteiger partial charge is 0.478 e. The van der Waals surface area contributed by atoms with Crippen molar-refractivity contribution in [3.63, 3.8) is 0 Å². The molecule has 1 unspecified atom stereocenters. The molecule has 1 atom stereocenters. The van der Waals surface area contributed by atoms with Crippen molar-refractivity contribution in [1.29, 1.82) is 0 Å². The average Bonchev–Trinajstić information content (AvgIpc) is 2.76. The van der Waals surface area contributed by atoms with Gasteiger partial charge in [0.1, 0.15) is 0 Å². The van der Waals surface area contributed by atoms with Crippen LogP contribution in [0.3, 0.4) is 0 Å². The second-order valence-electron chi connectivity index (χ2n) is 4.39. The van der Waals surface area contributed by atoms with Crippen molar-refractivity contribution in [2.24, 2.45) is 5.92 Å². The molecule has 0 saturated carbocycles. The zero-order valence-electron chi connectivity index (χ0n) is 10.2. The summed E-state index contributed by atoms with van der Waals surface area (Å²) in [6.07, 6.45) is 1.78. The molecule has 4 nitrogen and oxygen atoms in total. The number of carboxylic acids is 1. The lowest BCUT2D eigenvalue weighted by atomic mass is 10.1. The Morgan fingerprint density at radius 1 is 1.65 bits per heavy atom. The number of hydrogen-bond donors (Lipinski definition) is 1. The Bertz CT molecular complexity index is 620. The molecule has 0 bridgehead atoms. The third kappa shape index (κ3) is 2.45. The van der Waals surface area contributed by atoms with Crippen molar-refractivity contribution in [3.05, 3.63) is 39.6 Å². The summed E-state index contributed by atoms with van der Waals surface area (Å²) in [5.74, 6) is -2.67. The molecule has 106 valence electrons. The molecule has 2 rings (SSSR count). The molecule has 20 heavy (non-hydrogen) atoms. The van der Waals surface area contributed by atoms with Gasteiger partial charge in [-0.2, -0.15) is 0 Å². The van der Waals surface area contributed by atoms with E-state index >= 15 is 0 Å². The number of carbonyl (C=O) groups is 2. The van der Waals surface area contributed by atoms with Gasteiger partial charge in [0.05, 0.1) is 20.7 Å². The third-order valence-electron chi connectivity index (χ3n) is 3.13. The van der Waals surface area contributed by atoms with Crippen LogP contribution in [-0.2, 0) is 4.79 Å². The van der Waals surface area contributed by atoms with Crippen molar-refractivity contribution >= 4 is 45.1 Å². The number of amides is 1. The van der Waals surface area contributed by atoms with Crippen molar-refractivity contribution < 1.29 is 19.1 Å². The molecule has 1 fully saturated rings. The van der Waals surface area contributed by atoms with Crippen LogP contribution in [-0.4, -0.2) is 23.5 Å². The standard InChI is InChI=1S/C13H10BrClFNO3/c1-2-6-3-9(18)17(5-6)12-7(13(19)20)4-8(15)10(14)11(12)16/h2,4,6H,1,3,5H2,(H,19,20). The minimum Gasteiger partial charge on any atom is -0.478 e. The molecule has 1 aromatic carbocycles. The van der Waals surface area contributed by atoms with E-state index in [1.165, 1.54) is 0 Å². The lowest BCUT2D eigenvalue weighted by molar-refractivity contribution is -0.117. The first kappa shape index (κ1) is 15.0. The first-order chi connectivity index (χ1) is 9.36. The van der Waals surface area contributed by atoms with Crippen LogP contribution in [0.15, 0.2) is 23.2 Å². The van der Waals surface area contributed by atoms with Crippen LogP contribution >= 0.6 is 27.5 Å². The molecule has 0 aliphatic carbocycles. The Labute approximate surface area is 128 Å². The summed E-state index contributed by atoms with van der Waals surface area (Å²) in [6.45, 7) is 3.80. The highest BCUT2D eigenvalue weighted by atomic mass is 79.9. The fraction of sp³-hybridized carbons (Fsp3) is 0.231. The van der Waals surface area contributed by atoms with Gasteiger partial charge < -0.3 is 10.0 Å². The molecule has 1 heterocycles. The number of carbonyl (C=O) groups excluding carboxylic acids is 1. The quantitative estimate of drug-likeness (QED) is 0.661. The summed E-state index contributed by atoms with van der Waals surface area (Å²) < 4.78 is 14.3. The van der Waals surface area contributed by atoms with Crippen LogP contribution < -0.4 is 4.90 Å². The Kier molecular flexibility index (Phi) is 4.15. The minimum absolute atomic E-state index is 0.0597. The van der Waals surface area contributed by atoms with Gasteiger partial charge in [-0.05, 0) is 22.0 Å². The van der Waals surface area contributed by atoms with Crippen LogP contribution in [0, 0.1) is 11.7 Å². The van der Waals surface area contributed by atoms with Gasteiger partial charge in [-0.25, -0.2) is 9.18 Å². The van der Waals surface area contributed by atoms with E-state index in [9.17, 15) is 19.1 Å². The molecule has 1 aromatic rings. The van der Waals surface area contributed by atoms with E-state index in [0.29, 0.717) is 0 Å². The number of benzene rings is 1. The van der Waals surface area contributed by atoms with Gasteiger partial charge in [0.2, 0.25) is 5.91 Å². The van der Waals surface area contributed by atoms with Crippen LogP contribution in [0.2, 0.25) is 5.02 Å². The Balaban J connectivity index is 2.61. The molecule has 1 saturated heterocycles. The first-order valence-corrected chi connectivity index (χ1v) is 6.87. The smallest absolute Gasteiger partial charge is 0.337 e. The average molecular weight is 363 g/mol. The minimum atomic E-state index is -1.34. The maximum Gasteiger partial charge on any atom is 0.337 e. The van der Waals surface area contributed by atoms with E-state index in [0.717, 1.165) is 11.0 Å². The lowest BCUT2D eigenvalue weighted by Crippen LogP contribution is -2.27. The molecule has 1 N–H and O–H groups in total. The van der Waals surface area contributed by atoms with Crippen molar-refractivity contribution in [2.75, 3.05) is 11.4 Å². The Morgan fingerprint density at radius 3 is 2.80 bits per heavy atom. The number of halogens is 3. The zero-order chi connectivity index (χ0) is 15.0. The summed E-state index contributed by atoms with van der Waals surface area (Å²) in [5.41, 5.74) is -0.600. The van der Waals surface area contributed by atoms with E-state index in [1.807, 2.05) is 0 Å². The maximum absolute atomic E-state index is 14.3. The molecule has 1 aliphatic heterocycles.